The number of morpholine rings is 1. The van der Waals surface area contributed by atoms with E-state index in [4.69, 9.17) is 14.6 Å². The van der Waals surface area contributed by atoms with Gasteiger partial charge in [0.2, 0.25) is 0 Å². The maximum Gasteiger partial charge on any atom is 0.274 e. The third-order valence-corrected chi connectivity index (χ3v) is 8.07. The first-order chi connectivity index (χ1) is 17.0. The molecule has 0 atom stereocenters. The Labute approximate surface area is 206 Å². The number of carbonyl (C=O) groups excluding carboxylic acids is 1. The first kappa shape index (κ1) is 24.0. The minimum Gasteiger partial charge on any atom is -0.383 e. The largest absolute Gasteiger partial charge is 0.383 e. The van der Waals surface area contributed by atoms with Crippen LogP contribution >= 0.6 is 10.6 Å². The van der Waals surface area contributed by atoms with E-state index < -0.39 is 10.6 Å². The van der Waals surface area contributed by atoms with Crippen LogP contribution < -0.4 is 5.32 Å². The highest BCUT2D eigenvalue weighted by Crippen LogP contribution is 2.59. The summed E-state index contributed by atoms with van der Waals surface area (Å²) in [4.78, 5) is 15.7. The van der Waals surface area contributed by atoms with Crippen LogP contribution in [0.15, 0.2) is 53.4 Å². The molecule has 0 unspecified atom stereocenters. The zero-order valence-electron chi connectivity index (χ0n) is 19.6. The first-order valence-corrected chi connectivity index (χ1v) is 13.3. The van der Waals surface area contributed by atoms with Crippen LogP contribution in [-0.2, 0) is 21.8 Å². The Kier molecular flexibility index (Phi) is 6.92. The zero-order chi connectivity index (χ0) is 24.4. The second-order valence-corrected chi connectivity index (χ2v) is 10.7. The maximum atomic E-state index is 13.5. The van der Waals surface area contributed by atoms with Crippen molar-refractivity contribution in [2.24, 2.45) is 0 Å². The van der Waals surface area contributed by atoms with E-state index in [0.29, 0.717) is 55.5 Å². The van der Waals surface area contributed by atoms with Crippen molar-refractivity contribution in [2.45, 2.75) is 17.2 Å². The van der Waals surface area contributed by atoms with Gasteiger partial charge < -0.3 is 19.7 Å². The summed E-state index contributed by atoms with van der Waals surface area (Å²) in [6, 6.07) is 15.2. The van der Waals surface area contributed by atoms with Crippen molar-refractivity contribution in [3.05, 3.63) is 65.4 Å². The molecule has 3 aromatic rings. The van der Waals surface area contributed by atoms with E-state index in [9.17, 15) is 13.9 Å². The van der Waals surface area contributed by atoms with Gasteiger partial charge in [0, 0.05) is 44.4 Å². The van der Waals surface area contributed by atoms with Crippen molar-refractivity contribution in [3.63, 3.8) is 0 Å². The third-order valence-electron chi connectivity index (χ3n) is 6.32. The third kappa shape index (κ3) is 4.73. The number of amides is 1. The highest BCUT2D eigenvalue weighted by Gasteiger charge is 2.37. The van der Waals surface area contributed by atoms with Crippen LogP contribution in [0.3, 0.4) is 0 Å². The summed E-state index contributed by atoms with van der Waals surface area (Å²) < 4.78 is 34.2. The molecule has 1 fully saturated rings. The molecule has 3 heterocycles. The van der Waals surface area contributed by atoms with Crippen LogP contribution in [0.5, 0.6) is 0 Å². The van der Waals surface area contributed by atoms with Gasteiger partial charge in [-0.15, -0.1) is 0 Å². The summed E-state index contributed by atoms with van der Waals surface area (Å²) in [7, 11) is -1.42. The van der Waals surface area contributed by atoms with Crippen LogP contribution in [0.2, 0.25) is 0 Å². The molecule has 1 aromatic heterocycles. The molecular formula is C25H30N4O5S. The highest BCUT2D eigenvalue weighted by molar-refractivity contribution is 8.23. The number of rotatable bonds is 7. The van der Waals surface area contributed by atoms with Crippen molar-refractivity contribution in [1.82, 2.24) is 20.0 Å². The van der Waals surface area contributed by atoms with Gasteiger partial charge in [-0.2, -0.15) is 15.7 Å². The van der Waals surface area contributed by atoms with Gasteiger partial charge in [-0.25, -0.2) is 4.68 Å². The van der Waals surface area contributed by atoms with Crippen molar-refractivity contribution >= 4 is 16.5 Å². The van der Waals surface area contributed by atoms with Gasteiger partial charge in [0.05, 0.1) is 41.9 Å². The molecule has 1 amide bonds. The molecule has 2 aliphatic rings. The van der Waals surface area contributed by atoms with Crippen molar-refractivity contribution in [1.29, 1.82) is 0 Å². The van der Waals surface area contributed by atoms with Crippen LogP contribution in [0.1, 0.15) is 21.6 Å². The van der Waals surface area contributed by atoms with E-state index in [0.717, 1.165) is 23.5 Å². The zero-order valence-corrected chi connectivity index (χ0v) is 20.5. The van der Waals surface area contributed by atoms with Gasteiger partial charge in [0.25, 0.3) is 5.91 Å². The van der Waals surface area contributed by atoms with E-state index in [1.807, 2.05) is 36.4 Å². The summed E-state index contributed by atoms with van der Waals surface area (Å²) in [5, 5.41) is 8.09. The van der Waals surface area contributed by atoms with E-state index in [2.05, 4.69) is 5.32 Å². The maximum absolute atomic E-state index is 13.5. The van der Waals surface area contributed by atoms with Crippen LogP contribution in [0.4, 0.5) is 0 Å². The van der Waals surface area contributed by atoms with Crippen molar-refractivity contribution in [3.8, 4) is 16.9 Å². The number of benzene rings is 2. The fourth-order valence-electron chi connectivity index (χ4n) is 4.53. The van der Waals surface area contributed by atoms with Crippen molar-refractivity contribution < 1.29 is 23.4 Å². The molecule has 0 spiro atoms. The van der Waals surface area contributed by atoms with Gasteiger partial charge in [-0.3, -0.25) is 13.9 Å². The molecule has 0 bridgehead atoms. The molecular weight excluding hydrogens is 468 g/mol. The molecule has 3 N–H and O–H groups in total. The lowest BCUT2D eigenvalue weighted by Crippen LogP contribution is -2.41. The number of ether oxygens (including phenoxy) is 2. The Morgan fingerprint density at radius 1 is 1.14 bits per heavy atom. The minimum atomic E-state index is -3.10. The molecule has 186 valence electrons. The standard InChI is InChI=1S/C25H30N4O5S/c1-33-13-10-26-16-18-6-8-19(9-7-18)29-24-20-4-2-3-5-22(20)35(31,32)17-21(24)23(27-29)25(30)28-11-14-34-15-12-28/h2-9,26,31-32H,10-17H2,1H3. The first-order valence-electron chi connectivity index (χ1n) is 11.6. The predicted octanol–water partition coefficient (Wildman–Crippen LogP) is 3.37. The highest BCUT2D eigenvalue weighted by atomic mass is 32.3. The molecule has 9 nitrogen and oxygen atoms in total. The molecule has 5 rings (SSSR count). The average molecular weight is 499 g/mol. The smallest absolute Gasteiger partial charge is 0.274 e. The SMILES string of the molecule is COCCNCc1ccc(-n2nc(C(=O)N3CCOCC3)c3c2-c2ccccc2S(O)(O)C3)cc1. The normalized spacial score (nSPS) is 17.5. The van der Waals surface area contributed by atoms with Gasteiger partial charge >= 0.3 is 0 Å². The van der Waals surface area contributed by atoms with Gasteiger partial charge in [-0.1, -0.05) is 30.3 Å². The number of hydrogen-bond donors (Lipinski definition) is 3. The summed E-state index contributed by atoms with van der Waals surface area (Å²) in [6.45, 7) is 4.05. The number of nitrogens with zero attached hydrogens (tertiary/aromatic N) is 3. The molecule has 2 aromatic carbocycles. The number of hydrogen-bond acceptors (Lipinski definition) is 7. The average Bonchev–Trinajstić information content (AvgIpc) is 3.26. The Morgan fingerprint density at radius 3 is 2.63 bits per heavy atom. The van der Waals surface area contributed by atoms with E-state index >= 15 is 0 Å². The van der Waals surface area contributed by atoms with Gasteiger partial charge in [0.15, 0.2) is 5.69 Å². The Morgan fingerprint density at radius 2 is 1.89 bits per heavy atom. The summed E-state index contributed by atoms with van der Waals surface area (Å²) in [5.41, 5.74) is 4.18. The molecule has 0 radical (unpaired) electrons. The lowest BCUT2D eigenvalue weighted by Gasteiger charge is -2.38. The Bertz CT molecular complexity index is 1210. The Balaban J connectivity index is 1.56. The molecule has 0 aliphatic carbocycles. The molecule has 10 heteroatoms. The lowest BCUT2D eigenvalue weighted by atomic mass is 10.0. The van der Waals surface area contributed by atoms with Crippen LogP contribution in [0.25, 0.3) is 16.9 Å². The topological polar surface area (TPSA) is 109 Å². The number of nitrogens with one attached hydrogen (secondary N) is 1. The minimum absolute atomic E-state index is 0.0355. The summed E-state index contributed by atoms with van der Waals surface area (Å²) in [5.74, 6) is -0.247. The molecule has 1 saturated heterocycles. The number of methoxy groups -OCH3 is 1. The van der Waals surface area contributed by atoms with Crippen LogP contribution in [0, 0.1) is 0 Å². The number of aromatic nitrogens is 2. The van der Waals surface area contributed by atoms with Gasteiger partial charge in [0.1, 0.15) is 0 Å². The molecule has 0 saturated carbocycles. The predicted molar refractivity (Wildman–Crippen MR) is 134 cm³/mol. The monoisotopic (exact) mass is 498 g/mol. The van der Waals surface area contributed by atoms with Crippen LogP contribution in [-0.4, -0.2) is 76.3 Å². The molecule has 35 heavy (non-hydrogen) atoms. The second kappa shape index (κ2) is 10.1. The van der Waals surface area contributed by atoms with E-state index in [-0.39, 0.29) is 17.4 Å². The van der Waals surface area contributed by atoms with E-state index in [1.54, 1.807) is 28.8 Å². The quantitative estimate of drug-likeness (QED) is 0.429. The molecule has 2 aliphatic heterocycles. The second-order valence-electron chi connectivity index (χ2n) is 8.64. The fourth-order valence-corrected chi connectivity index (χ4v) is 6.17. The van der Waals surface area contributed by atoms with Crippen molar-refractivity contribution in [2.75, 3.05) is 46.6 Å². The van der Waals surface area contributed by atoms with E-state index in [1.165, 1.54) is 0 Å². The fraction of sp³-hybridized carbons (Fsp3) is 0.360. The summed E-state index contributed by atoms with van der Waals surface area (Å²) in [6.07, 6.45) is 0. The Hall–Kier alpha value is -2.73. The number of fused-ring (bicyclic) bond motifs is 3. The summed E-state index contributed by atoms with van der Waals surface area (Å²) >= 11 is 0. The lowest BCUT2D eigenvalue weighted by molar-refractivity contribution is 0.0298. The van der Waals surface area contributed by atoms with Gasteiger partial charge in [-0.05, 0) is 23.8 Å². The number of carbonyl (C=O) groups is 1.